The largest absolute Gasteiger partial charge is 0.455 e. The quantitative estimate of drug-likeness (QED) is 0.166. The van der Waals surface area contributed by atoms with E-state index in [-0.39, 0.29) is 0 Å². The summed E-state index contributed by atoms with van der Waals surface area (Å²) in [5.41, 5.74) is 27.6. The highest BCUT2D eigenvalue weighted by Gasteiger charge is 2.30. The molecule has 0 aliphatic carbocycles. The molecule has 0 fully saturated rings. The van der Waals surface area contributed by atoms with Crippen LogP contribution >= 0.6 is 0 Å². The van der Waals surface area contributed by atoms with E-state index >= 15 is 0 Å². The summed E-state index contributed by atoms with van der Waals surface area (Å²) in [5.74, 6) is 0. The van der Waals surface area contributed by atoms with Gasteiger partial charge in [-0.1, -0.05) is 36.4 Å². The molecular formula is C51H52O. The highest BCUT2D eigenvalue weighted by atomic mass is 16.3. The van der Waals surface area contributed by atoms with Crippen LogP contribution < -0.4 is 0 Å². The van der Waals surface area contributed by atoms with E-state index in [9.17, 15) is 0 Å². The third kappa shape index (κ3) is 4.29. The van der Waals surface area contributed by atoms with E-state index in [2.05, 4.69) is 146 Å². The fourth-order valence-electron chi connectivity index (χ4n) is 9.74. The average molecular weight is 681 g/mol. The highest BCUT2D eigenvalue weighted by molar-refractivity contribution is 6.27. The summed E-state index contributed by atoms with van der Waals surface area (Å²) in [4.78, 5) is 0. The average Bonchev–Trinajstić information content (AvgIpc) is 3.55. The Kier molecular flexibility index (Phi) is 7.61. The van der Waals surface area contributed by atoms with Crippen molar-refractivity contribution in [3.63, 3.8) is 0 Å². The summed E-state index contributed by atoms with van der Waals surface area (Å²) in [6, 6.07) is 15.9. The van der Waals surface area contributed by atoms with Gasteiger partial charge < -0.3 is 4.42 Å². The van der Waals surface area contributed by atoms with Crippen LogP contribution in [0.4, 0.5) is 0 Å². The number of rotatable bonds is 2. The van der Waals surface area contributed by atoms with Gasteiger partial charge in [-0.3, -0.25) is 0 Å². The van der Waals surface area contributed by atoms with Crippen LogP contribution in [0.3, 0.4) is 0 Å². The van der Waals surface area contributed by atoms with Crippen molar-refractivity contribution in [2.75, 3.05) is 0 Å². The molecule has 8 rings (SSSR count). The maximum absolute atomic E-state index is 6.93. The van der Waals surface area contributed by atoms with Gasteiger partial charge in [-0.15, -0.1) is 0 Å². The fourth-order valence-corrected chi connectivity index (χ4v) is 9.74. The van der Waals surface area contributed by atoms with Crippen molar-refractivity contribution in [2.24, 2.45) is 0 Å². The van der Waals surface area contributed by atoms with E-state index < -0.39 is 0 Å². The number of benzene rings is 7. The first-order valence-corrected chi connectivity index (χ1v) is 19.0. The number of hydrogen-bond acceptors (Lipinski definition) is 1. The van der Waals surface area contributed by atoms with Crippen molar-refractivity contribution in [3.8, 4) is 22.3 Å². The summed E-state index contributed by atoms with van der Waals surface area (Å²) in [5, 5.41) is 10.6. The van der Waals surface area contributed by atoms with Gasteiger partial charge in [0, 0.05) is 10.8 Å². The van der Waals surface area contributed by atoms with E-state index in [1.807, 2.05) is 0 Å². The maximum atomic E-state index is 6.93. The van der Waals surface area contributed by atoms with Crippen LogP contribution in [-0.2, 0) is 0 Å². The lowest BCUT2D eigenvalue weighted by Crippen LogP contribution is -2.05. The Morgan fingerprint density at radius 3 is 1.17 bits per heavy atom. The van der Waals surface area contributed by atoms with Gasteiger partial charge in [0.15, 0.2) is 0 Å². The minimum Gasteiger partial charge on any atom is -0.455 e. The van der Waals surface area contributed by atoms with Gasteiger partial charge in [0.2, 0.25) is 0 Å². The Bertz CT molecular complexity index is 2840. The summed E-state index contributed by atoms with van der Waals surface area (Å²) in [6.45, 7) is 34.8. The predicted molar refractivity (Wildman–Crippen MR) is 228 cm³/mol. The molecule has 0 unspecified atom stereocenters. The number of furan rings is 1. The molecular weight excluding hydrogens is 629 g/mol. The van der Waals surface area contributed by atoms with Gasteiger partial charge in [-0.2, -0.15) is 0 Å². The minimum absolute atomic E-state index is 1.03. The second kappa shape index (κ2) is 11.6. The molecule has 0 spiro atoms. The summed E-state index contributed by atoms with van der Waals surface area (Å²) < 4.78 is 6.93. The molecule has 7 aromatic carbocycles. The first-order valence-electron chi connectivity index (χ1n) is 19.0. The molecule has 0 bridgehead atoms. The molecule has 0 amide bonds. The first kappa shape index (κ1) is 34.2. The summed E-state index contributed by atoms with van der Waals surface area (Å²) >= 11 is 0. The van der Waals surface area contributed by atoms with Crippen molar-refractivity contribution < 1.29 is 4.42 Å². The maximum Gasteiger partial charge on any atom is 0.138 e. The Balaban J connectivity index is 1.72. The fraction of sp³-hybridized carbons (Fsp3) is 0.294. The Hall–Kier alpha value is -4.88. The van der Waals surface area contributed by atoms with E-state index in [4.69, 9.17) is 4.42 Å². The predicted octanol–water partition coefficient (Wildman–Crippen LogP) is 15.0. The third-order valence-electron chi connectivity index (χ3n) is 14.0. The molecule has 0 saturated heterocycles. The van der Waals surface area contributed by atoms with Crippen molar-refractivity contribution in [1.82, 2.24) is 0 Å². The van der Waals surface area contributed by atoms with Gasteiger partial charge in [0.05, 0.1) is 0 Å². The lowest BCUT2D eigenvalue weighted by atomic mass is 9.75. The topological polar surface area (TPSA) is 13.1 Å². The zero-order valence-corrected chi connectivity index (χ0v) is 33.9. The SMILES string of the molecule is Cc1c(C)c(C)c2c(oc3c(C)c(C)c(-c4c5c(C)c(C)c(C)c(C)c5c(-c5ccc6ccccc6c5)c5c(C)c(C)c(C)c(C)c45)c(C)c32)c1C. The van der Waals surface area contributed by atoms with E-state index in [1.165, 1.54) is 149 Å². The standard InChI is InChI=1S/C51H52O/c1-23-25(3)31(9)44-42(29(23)7)48(40-21-20-38-18-16-17-19-39(38)22-40)43-30(8)24(2)26(4)32(10)45(43)49(44)41-34(12)36(14)51-47(37(41)15)46-33(11)27(5)28(6)35(13)50(46)52-51/h16-22H,1-15H3. The van der Waals surface area contributed by atoms with Crippen LogP contribution in [0.15, 0.2) is 46.9 Å². The molecule has 0 atom stereocenters. The lowest BCUT2D eigenvalue weighted by molar-refractivity contribution is 0.661. The zero-order chi connectivity index (χ0) is 37.4. The van der Waals surface area contributed by atoms with Crippen LogP contribution in [0.25, 0.3) is 76.5 Å². The van der Waals surface area contributed by atoms with Crippen molar-refractivity contribution >= 4 is 54.3 Å². The van der Waals surface area contributed by atoms with Crippen LogP contribution in [-0.4, -0.2) is 0 Å². The molecule has 0 radical (unpaired) electrons. The van der Waals surface area contributed by atoms with Crippen LogP contribution in [0.1, 0.15) is 83.5 Å². The molecule has 1 nitrogen and oxygen atoms in total. The highest BCUT2D eigenvalue weighted by Crippen LogP contribution is 2.53. The molecule has 1 aromatic heterocycles. The van der Waals surface area contributed by atoms with Crippen molar-refractivity contribution in [2.45, 2.75) is 104 Å². The van der Waals surface area contributed by atoms with Gasteiger partial charge >= 0.3 is 0 Å². The molecule has 1 heterocycles. The second-order valence-corrected chi connectivity index (χ2v) is 16.1. The smallest absolute Gasteiger partial charge is 0.138 e. The van der Waals surface area contributed by atoms with Gasteiger partial charge in [-0.25, -0.2) is 0 Å². The minimum atomic E-state index is 1.03. The number of aryl methyl sites for hydroxylation is 8. The van der Waals surface area contributed by atoms with Gasteiger partial charge in [0.1, 0.15) is 11.2 Å². The van der Waals surface area contributed by atoms with Crippen LogP contribution in [0.5, 0.6) is 0 Å². The van der Waals surface area contributed by atoms with E-state index in [0.717, 1.165) is 11.2 Å². The van der Waals surface area contributed by atoms with Crippen LogP contribution in [0.2, 0.25) is 0 Å². The van der Waals surface area contributed by atoms with Gasteiger partial charge in [0.25, 0.3) is 0 Å². The Morgan fingerprint density at radius 1 is 0.288 bits per heavy atom. The summed E-state index contributed by atoms with van der Waals surface area (Å²) in [6.07, 6.45) is 0. The van der Waals surface area contributed by atoms with Crippen molar-refractivity contribution in [1.29, 1.82) is 0 Å². The molecule has 0 aliphatic rings. The van der Waals surface area contributed by atoms with Crippen molar-refractivity contribution in [3.05, 3.63) is 126 Å². The van der Waals surface area contributed by atoms with E-state index in [0.29, 0.717) is 0 Å². The Labute approximate surface area is 309 Å². The zero-order valence-electron chi connectivity index (χ0n) is 33.9. The second-order valence-electron chi connectivity index (χ2n) is 16.1. The molecule has 0 aliphatic heterocycles. The molecule has 8 aromatic rings. The van der Waals surface area contributed by atoms with Crippen LogP contribution in [0, 0.1) is 104 Å². The monoisotopic (exact) mass is 680 g/mol. The first-order chi connectivity index (χ1) is 24.6. The molecule has 262 valence electrons. The molecule has 1 heteroatoms. The Morgan fingerprint density at radius 2 is 0.673 bits per heavy atom. The lowest BCUT2D eigenvalue weighted by Gasteiger charge is -2.28. The number of hydrogen-bond donors (Lipinski definition) is 0. The third-order valence-corrected chi connectivity index (χ3v) is 14.0. The van der Waals surface area contributed by atoms with E-state index in [1.54, 1.807) is 0 Å². The molecule has 0 N–H and O–H groups in total. The molecule has 52 heavy (non-hydrogen) atoms. The molecule has 0 saturated carbocycles. The normalized spacial score (nSPS) is 12.1. The van der Waals surface area contributed by atoms with Gasteiger partial charge in [-0.05, 0) is 248 Å². The summed E-state index contributed by atoms with van der Waals surface area (Å²) in [7, 11) is 0. The number of fused-ring (bicyclic) bond motifs is 6.